The molecule has 0 spiro atoms. The van der Waals surface area contributed by atoms with Crippen molar-refractivity contribution in [3.05, 3.63) is 10.4 Å². The lowest BCUT2D eigenvalue weighted by atomic mass is 10.0. The molecule has 1 amide bonds. The van der Waals surface area contributed by atoms with Gasteiger partial charge in [0.15, 0.2) is 11.0 Å². The van der Waals surface area contributed by atoms with E-state index in [1.807, 2.05) is 13.8 Å². The number of nitrogens with one attached hydrogen (secondary N) is 1. The first-order chi connectivity index (χ1) is 7.41. The second kappa shape index (κ2) is 5.27. The highest BCUT2D eigenvalue weighted by Crippen LogP contribution is 2.19. The van der Waals surface area contributed by atoms with Gasteiger partial charge in [-0.1, -0.05) is 25.4 Å². The molecule has 0 bridgehead atoms. The summed E-state index contributed by atoms with van der Waals surface area (Å²) in [7, 11) is 0. The van der Waals surface area contributed by atoms with Gasteiger partial charge in [0.1, 0.15) is 6.04 Å². The van der Waals surface area contributed by atoms with Crippen molar-refractivity contribution in [2.45, 2.75) is 19.9 Å². The van der Waals surface area contributed by atoms with E-state index in [2.05, 4.69) is 20.5 Å². The van der Waals surface area contributed by atoms with Crippen molar-refractivity contribution in [3.63, 3.8) is 0 Å². The van der Waals surface area contributed by atoms with Crippen LogP contribution in [0.4, 0.5) is 5.82 Å². The van der Waals surface area contributed by atoms with E-state index in [0.717, 1.165) is 0 Å². The van der Waals surface area contributed by atoms with Crippen LogP contribution in [-0.4, -0.2) is 27.1 Å². The largest absolute Gasteiger partial charge is 0.368 e. The minimum atomic E-state index is -0.592. The van der Waals surface area contributed by atoms with Crippen LogP contribution in [0.1, 0.15) is 13.8 Å². The Morgan fingerprint density at radius 3 is 2.50 bits per heavy atom. The molecule has 1 aromatic rings. The second-order valence-electron chi connectivity index (χ2n) is 3.49. The first kappa shape index (κ1) is 12.9. The van der Waals surface area contributed by atoms with Crippen LogP contribution in [0, 0.1) is 5.92 Å². The summed E-state index contributed by atoms with van der Waals surface area (Å²) in [5.74, 6) is -0.317. The van der Waals surface area contributed by atoms with Crippen LogP contribution in [0.15, 0.2) is 0 Å². The van der Waals surface area contributed by atoms with Gasteiger partial charge in [-0.15, -0.1) is 10.2 Å². The highest BCUT2D eigenvalue weighted by atomic mass is 35.5. The van der Waals surface area contributed by atoms with Gasteiger partial charge in [0.25, 0.3) is 0 Å². The molecule has 1 atom stereocenters. The lowest BCUT2D eigenvalue weighted by molar-refractivity contribution is -0.119. The van der Waals surface area contributed by atoms with Gasteiger partial charge in [-0.3, -0.25) is 4.79 Å². The number of nitrogens with two attached hydrogens (primary N) is 1. The molecule has 1 heterocycles. The van der Waals surface area contributed by atoms with Gasteiger partial charge >= 0.3 is 0 Å². The second-order valence-corrected chi connectivity index (χ2v) is 4.18. The van der Waals surface area contributed by atoms with E-state index in [-0.39, 0.29) is 22.2 Å². The van der Waals surface area contributed by atoms with Gasteiger partial charge in [-0.2, -0.15) is 4.98 Å². The molecule has 0 aliphatic rings. The predicted octanol–water partition coefficient (Wildman–Crippen LogP) is 1.10. The third kappa shape index (κ3) is 3.18. The summed E-state index contributed by atoms with van der Waals surface area (Å²) < 4.78 is 0. The zero-order valence-corrected chi connectivity index (χ0v) is 10.2. The molecule has 3 N–H and O–H groups in total. The van der Waals surface area contributed by atoms with Gasteiger partial charge < -0.3 is 11.1 Å². The summed E-state index contributed by atoms with van der Waals surface area (Å²) in [4.78, 5) is 15.0. The Bertz CT molecular complexity index is 398. The highest BCUT2D eigenvalue weighted by Gasteiger charge is 2.21. The van der Waals surface area contributed by atoms with Crippen LogP contribution < -0.4 is 11.1 Å². The van der Waals surface area contributed by atoms with Crippen molar-refractivity contribution in [3.8, 4) is 0 Å². The van der Waals surface area contributed by atoms with Crippen molar-refractivity contribution < 1.29 is 4.79 Å². The van der Waals surface area contributed by atoms with Crippen molar-refractivity contribution in [1.29, 1.82) is 0 Å². The lowest BCUT2D eigenvalue weighted by Crippen LogP contribution is -2.39. The van der Waals surface area contributed by atoms with E-state index < -0.39 is 11.9 Å². The number of amides is 1. The zero-order chi connectivity index (χ0) is 12.3. The Balaban J connectivity index is 2.93. The molecular formula is C8H11Cl2N5O. The smallest absolute Gasteiger partial charge is 0.245 e. The van der Waals surface area contributed by atoms with Crippen molar-refractivity contribution >= 4 is 34.9 Å². The van der Waals surface area contributed by atoms with E-state index in [9.17, 15) is 4.79 Å². The van der Waals surface area contributed by atoms with Gasteiger partial charge in [-0.05, 0) is 17.5 Å². The van der Waals surface area contributed by atoms with Crippen LogP contribution in [-0.2, 0) is 4.79 Å². The third-order valence-corrected chi connectivity index (χ3v) is 2.30. The topological polar surface area (TPSA) is 93.8 Å². The Hall–Kier alpha value is -1.14. The Labute approximate surface area is 103 Å². The van der Waals surface area contributed by atoms with Crippen molar-refractivity contribution in [1.82, 2.24) is 15.2 Å². The molecule has 0 aliphatic carbocycles. The van der Waals surface area contributed by atoms with E-state index in [1.165, 1.54) is 0 Å². The summed E-state index contributed by atoms with van der Waals surface area (Å²) >= 11 is 11.3. The number of primary amides is 1. The van der Waals surface area contributed by atoms with Crippen molar-refractivity contribution in [2.24, 2.45) is 11.7 Å². The molecule has 8 heteroatoms. The number of rotatable bonds is 4. The maximum absolute atomic E-state index is 11.2. The van der Waals surface area contributed by atoms with Crippen LogP contribution in [0.25, 0.3) is 0 Å². The molecule has 0 saturated carbocycles. The van der Waals surface area contributed by atoms with E-state index in [1.54, 1.807) is 0 Å². The van der Waals surface area contributed by atoms with Gasteiger partial charge in [0.2, 0.25) is 11.2 Å². The quantitative estimate of drug-likeness (QED) is 0.849. The molecule has 0 saturated heterocycles. The molecule has 1 aromatic heterocycles. The first-order valence-electron chi connectivity index (χ1n) is 4.53. The zero-order valence-electron chi connectivity index (χ0n) is 8.74. The number of carbonyl (C=O) groups is 1. The molecule has 1 unspecified atom stereocenters. The van der Waals surface area contributed by atoms with Crippen molar-refractivity contribution in [2.75, 3.05) is 5.32 Å². The van der Waals surface area contributed by atoms with Crippen LogP contribution in [0.3, 0.4) is 0 Å². The van der Waals surface area contributed by atoms with Gasteiger partial charge in [0.05, 0.1) is 0 Å². The normalized spacial score (nSPS) is 12.6. The number of carbonyl (C=O) groups excluding carboxylic acids is 1. The summed E-state index contributed by atoms with van der Waals surface area (Å²) in [5, 5.41) is 9.77. The third-order valence-electron chi connectivity index (χ3n) is 1.89. The summed E-state index contributed by atoms with van der Waals surface area (Å²) in [6, 6.07) is -0.592. The minimum absolute atomic E-state index is 0.0118. The molecule has 0 fully saturated rings. The van der Waals surface area contributed by atoms with Crippen LogP contribution in [0.2, 0.25) is 10.4 Å². The average molecular weight is 264 g/mol. The average Bonchev–Trinajstić information content (AvgIpc) is 2.18. The molecule has 1 rings (SSSR count). The Morgan fingerprint density at radius 1 is 1.38 bits per heavy atom. The molecule has 16 heavy (non-hydrogen) atoms. The van der Waals surface area contributed by atoms with E-state index in [4.69, 9.17) is 28.9 Å². The van der Waals surface area contributed by atoms with E-state index >= 15 is 0 Å². The molecule has 0 aliphatic heterocycles. The fourth-order valence-corrected chi connectivity index (χ4v) is 1.36. The Morgan fingerprint density at radius 2 is 2.00 bits per heavy atom. The van der Waals surface area contributed by atoms with Gasteiger partial charge in [0, 0.05) is 0 Å². The maximum atomic E-state index is 11.2. The summed E-state index contributed by atoms with van der Waals surface area (Å²) in [6.45, 7) is 3.68. The number of anilines is 1. The number of aromatic nitrogens is 3. The standard InChI is InChI=1S/C8H11Cl2N5O/c1-3(2)4(6(11)16)12-7-5(9)14-15-8(10)13-7/h3-4H,1-2H3,(H2,11,16)(H,12,13,15). The predicted molar refractivity (Wildman–Crippen MR) is 61.3 cm³/mol. The monoisotopic (exact) mass is 263 g/mol. The Kier molecular flexibility index (Phi) is 4.26. The van der Waals surface area contributed by atoms with Crippen LogP contribution in [0.5, 0.6) is 0 Å². The molecule has 0 aromatic carbocycles. The minimum Gasteiger partial charge on any atom is -0.368 e. The maximum Gasteiger partial charge on any atom is 0.245 e. The van der Waals surface area contributed by atoms with Gasteiger partial charge in [-0.25, -0.2) is 0 Å². The fraction of sp³-hybridized carbons (Fsp3) is 0.500. The number of halogens is 2. The van der Waals surface area contributed by atoms with E-state index in [0.29, 0.717) is 0 Å². The number of nitrogens with zero attached hydrogens (tertiary/aromatic N) is 3. The molecule has 88 valence electrons. The SMILES string of the molecule is CC(C)C(Nc1nc(Cl)nnc1Cl)C(N)=O. The summed E-state index contributed by atoms with van der Waals surface area (Å²) in [5.41, 5.74) is 5.23. The molecule has 0 radical (unpaired) electrons. The number of hydrogen-bond donors (Lipinski definition) is 2. The fourth-order valence-electron chi connectivity index (χ4n) is 1.10. The number of hydrogen-bond acceptors (Lipinski definition) is 5. The first-order valence-corrected chi connectivity index (χ1v) is 5.29. The highest BCUT2D eigenvalue weighted by molar-refractivity contribution is 6.32. The van der Waals surface area contributed by atoms with Crippen LogP contribution >= 0.6 is 23.2 Å². The summed E-state index contributed by atoms with van der Waals surface area (Å²) in [6.07, 6.45) is 0. The molecular weight excluding hydrogens is 253 g/mol. The molecule has 6 nitrogen and oxygen atoms in total. The lowest BCUT2D eigenvalue weighted by Gasteiger charge is -2.19.